The van der Waals surface area contributed by atoms with Gasteiger partial charge in [0.25, 0.3) is 0 Å². The lowest BCUT2D eigenvalue weighted by Crippen LogP contribution is -1.98. The fourth-order valence-corrected chi connectivity index (χ4v) is 4.14. The van der Waals surface area contributed by atoms with E-state index in [1.54, 1.807) is 24.3 Å². The summed E-state index contributed by atoms with van der Waals surface area (Å²) in [6.45, 7) is 0. The zero-order valence-electron chi connectivity index (χ0n) is 8.14. The van der Waals surface area contributed by atoms with Crippen LogP contribution in [0.1, 0.15) is 15.2 Å². The van der Waals surface area contributed by atoms with Gasteiger partial charge in [0, 0.05) is 19.5 Å². The molecule has 0 saturated carbocycles. The molecular formula is C11H4Br3ClOS. The monoisotopic (exact) mass is 456 g/mol. The third-order valence-electron chi connectivity index (χ3n) is 1.99. The van der Waals surface area contributed by atoms with E-state index in [0.717, 1.165) is 12.7 Å². The van der Waals surface area contributed by atoms with Crippen LogP contribution >= 0.6 is 70.7 Å². The highest BCUT2D eigenvalue weighted by molar-refractivity contribution is 9.13. The Morgan fingerprint density at radius 1 is 1.12 bits per heavy atom. The number of benzene rings is 1. The first-order chi connectivity index (χ1) is 7.97. The van der Waals surface area contributed by atoms with E-state index in [1.807, 2.05) is 0 Å². The Morgan fingerprint density at radius 3 is 2.35 bits per heavy atom. The van der Waals surface area contributed by atoms with Crippen molar-refractivity contribution in [3.05, 3.63) is 52.5 Å². The first-order valence-electron chi connectivity index (χ1n) is 4.43. The van der Waals surface area contributed by atoms with Crippen LogP contribution in [0.2, 0.25) is 5.02 Å². The number of thiophene rings is 1. The molecule has 1 heterocycles. The van der Waals surface area contributed by atoms with Gasteiger partial charge >= 0.3 is 0 Å². The van der Waals surface area contributed by atoms with Crippen molar-refractivity contribution in [2.75, 3.05) is 0 Å². The Morgan fingerprint density at radius 2 is 1.82 bits per heavy atom. The van der Waals surface area contributed by atoms with Gasteiger partial charge in [-0.1, -0.05) is 27.5 Å². The van der Waals surface area contributed by atoms with Crippen LogP contribution in [0.3, 0.4) is 0 Å². The standard InChI is InChI=1S/C11H4Br3ClOS/c12-6-1-5(2-7(15)3-6)10(16)9-4-8(13)11(14)17-9/h1-4H. The van der Waals surface area contributed by atoms with Gasteiger partial charge in [-0.2, -0.15) is 0 Å². The quantitative estimate of drug-likeness (QED) is 0.510. The van der Waals surface area contributed by atoms with E-state index < -0.39 is 0 Å². The van der Waals surface area contributed by atoms with Crippen LogP contribution < -0.4 is 0 Å². The molecule has 2 aromatic rings. The van der Waals surface area contributed by atoms with Crippen molar-refractivity contribution in [3.8, 4) is 0 Å². The summed E-state index contributed by atoms with van der Waals surface area (Å²) in [4.78, 5) is 12.9. The Bertz CT molecular complexity index is 555. The molecule has 0 spiro atoms. The lowest BCUT2D eigenvalue weighted by molar-refractivity contribution is 0.104. The summed E-state index contributed by atoms with van der Waals surface area (Å²) in [7, 11) is 0. The van der Waals surface area contributed by atoms with Crippen molar-refractivity contribution in [2.24, 2.45) is 0 Å². The summed E-state index contributed by atoms with van der Waals surface area (Å²) in [6.07, 6.45) is 0. The van der Waals surface area contributed by atoms with Crippen molar-refractivity contribution in [2.45, 2.75) is 0 Å². The minimum atomic E-state index is -0.0374. The SMILES string of the molecule is O=C(c1cc(Cl)cc(Br)c1)c1cc(Br)c(Br)s1. The van der Waals surface area contributed by atoms with Crippen LogP contribution in [0, 0.1) is 0 Å². The maximum atomic E-state index is 12.2. The van der Waals surface area contributed by atoms with Crippen LogP contribution in [0.15, 0.2) is 37.0 Å². The van der Waals surface area contributed by atoms with Crippen LogP contribution in [-0.4, -0.2) is 5.78 Å². The number of hydrogen-bond acceptors (Lipinski definition) is 2. The molecule has 0 saturated heterocycles. The second-order valence-electron chi connectivity index (χ2n) is 3.22. The lowest BCUT2D eigenvalue weighted by Gasteiger charge is -2.00. The van der Waals surface area contributed by atoms with E-state index in [4.69, 9.17) is 11.6 Å². The molecule has 0 N–H and O–H groups in total. The Hall–Kier alpha value is 0.320. The third kappa shape index (κ3) is 3.20. The molecule has 0 atom stereocenters. The van der Waals surface area contributed by atoms with Gasteiger partial charge in [-0.25, -0.2) is 0 Å². The molecule has 88 valence electrons. The van der Waals surface area contributed by atoms with E-state index in [2.05, 4.69) is 47.8 Å². The predicted molar refractivity (Wildman–Crippen MR) is 82.3 cm³/mol. The smallest absolute Gasteiger partial charge is 0.203 e. The van der Waals surface area contributed by atoms with Crippen LogP contribution in [-0.2, 0) is 0 Å². The highest BCUT2D eigenvalue weighted by Gasteiger charge is 2.15. The van der Waals surface area contributed by atoms with Gasteiger partial charge in [0.05, 0.1) is 8.66 Å². The first-order valence-corrected chi connectivity index (χ1v) is 8.00. The Kier molecular flexibility index (Phi) is 4.47. The van der Waals surface area contributed by atoms with Crippen molar-refractivity contribution < 1.29 is 4.79 Å². The molecule has 0 fully saturated rings. The second kappa shape index (κ2) is 5.53. The number of carbonyl (C=O) groups is 1. The van der Waals surface area contributed by atoms with Crippen molar-refractivity contribution >= 4 is 76.5 Å². The van der Waals surface area contributed by atoms with Gasteiger partial charge < -0.3 is 0 Å². The number of hydrogen-bond donors (Lipinski definition) is 0. The fourth-order valence-electron chi connectivity index (χ4n) is 1.29. The third-order valence-corrected chi connectivity index (χ3v) is 5.92. The summed E-state index contributed by atoms with van der Waals surface area (Å²) in [6, 6.07) is 6.97. The summed E-state index contributed by atoms with van der Waals surface area (Å²) in [5, 5.41) is 0.539. The molecule has 0 aliphatic carbocycles. The zero-order valence-corrected chi connectivity index (χ0v) is 14.5. The van der Waals surface area contributed by atoms with Gasteiger partial charge in [-0.3, -0.25) is 4.79 Å². The predicted octanol–water partition coefficient (Wildman–Crippen LogP) is 5.92. The Balaban J connectivity index is 2.43. The molecule has 0 radical (unpaired) electrons. The summed E-state index contributed by atoms with van der Waals surface area (Å²) >= 11 is 17.4. The van der Waals surface area contributed by atoms with Crippen LogP contribution in [0.4, 0.5) is 0 Å². The molecule has 0 aliphatic heterocycles. The summed E-state index contributed by atoms with van der Waals surface area (Å²) in [5.41, 5.74) is 0.575. The zero-order chi connectivity index (χ0) is 12.6. The molecule has 0 bridgehead atoms. The average molecular weight is 459 g/mol. The van der Waals surface area contributed by atoms with E-state index in [1.165, 1.54) is 11.3 Å². The number of ketones is 1. The number of carbonyl (C=O) groups excluding carboxylic acids is 1. The molecule has 17 heavy (non-hydrogen) atoms. The number of rotatable bonds is 2. The lowest BCUT2D eigenvalue weighted by atomic mass is 10.1. The number of halogens is 4. The highest BCUT2D eigenvalue weighted by Crippen LogP contribution is 2.34. The molecular weight excluding hydrogens is 455 g/mol. The van der Waals surface area contributed by atoms with E-state index >= 15 is 0 Å². The van der Waals surface area contributed by atoms with Gasteiger partial charge in [-0.05, 0) is 56.1 Å². The van der Waals surface area contributed by atoms with Crippen molar-refractivity contribution in [3.63, 3.8) is 0 Å². The average Bonchev–Trinajstić information content (AvgIpc) is 2.57. The van der Waals surface area contributed by atoms with Crippen LogP contribution in [0.25, 0.3) is 0 Å². The summed E-state index contributed by atoms with van der Waals surface area (Å²) < 4.78 is 2.58. The summed E-state index contributed by atoms with van der Waals surface area (Å²) in [5.74, 6) is -0.0374. The largest absolute Gasteiger partial charge is 0.288 e. The van der Waals surface area contributed by atoms with E-state index in [-0.39, 0.29) is 5.78 Å². The van der Waals surface area contributed by atoms with Gasteiger partial charge in [-0.15, -0.1) is 11.3 Å². The van der Waals surface area contributed by atoms with Gasteiger partial charge in [0.15, 0.2) is 0 Å². The highest BCUT2D eigenvalue weighted by atomic mass is 79.9. The molecule has 1 aromatic carbocycles. The Labute approximate surface area is 133 Å². The maximum Gasteiger partial charge on any atom is 0.203 e. The van der Waals surface area contributed by atoms with Gasteiger partial charge in [0.1, 0.15) is 0 Å². The normalized spacial score (nSPS) is 10.6. The molecule has 2 rings (SSSR count). The topological polar surface area (TPSA) is 17.1 Å². The van der Waals surface area contributed by atoms with E-state index in [9.17, 15) is 4.79 Å². The fraction of sp³-hybridized carbons (Fsp3) is 0. The first kappa shape index (κ1) is 13.7. The minimum Gasteiger partial charge on any atom is -0.288 e. The molecule has 0 aliphatic rings. The van der Waals surface area contributed by atoms with Crippen molar-refractivity contribution in [1.29, 1.82) is 0 Å². The van der Waals surface area contributed by atoms with Crippen molar-refractivity contribution in [1.82, 2.24) is 0 Å². The van der Waals surface area contributed by atoms with Gasteiger partial charge in [0.2, 0.25) is 5.78 Å². The van der Waals surface area contributed by atoms with Crippen LogP contribution in [0.5, 0.6) is 0 Å². The molecule has 0 unspecified atom stereocenters. The maximum absolute atomic E-state index is 12.2. The molecule has 0 amide bonds. The molecule has 6 heteroatoms. The van der Waals surface area contributed by atoms with E-state index in [0.29, 0.717) is 15.5 Å². The molecule has 1 nitrogen and oxygen atoms in total. The molecule has 1 aromatic heterocycles. The second-order valence-corrected chi connectivity index (χ2v) is 7.80. The minimum absolute atomic E-state index is 0.0374.